The van der Waals surface area contributed by atoms with Gasteiger partial charge >= 0.3 is 0 Å². The normalized spacial score (nSPS) is 32.4. The third-order valence-corrected chi connectivity index (χ3v) is 3.94. The van der Waals surface area contributed by atoms with E-state index in [0.29, 0.717) is 6.04 Å². The van der Waals surface area contributed by atoms with Gasteiger partial charge in [0.05, 0.1) is 6.61 Å². The number of methoxy groups -OCH3 is 1. The zero-order valence-electron chi connectivity index (χ0n) is 10.0. The number of ether oxygens (including phenoxy) is 1. The summed E-state index contributed by atoms with van der Waals surface area (Å²) in [7, 11) is 1.75. The van der Waals surface area contributed by atoms with E-state index in [0.717, 1.165) is 31.7 Å². The van der Waals surface area contributed by atoms with Crippen LogP contribution in [0.1, 0.15) is 26.2 Å². The monoisotopic (exact) mass is 212 g/mol. The van der Waals surface area contributed by atoms with Crippen molar-refractivity contribution in [3.05, 3.63) is 0 Å². The van der Waals surface area contributed by atoms with Crippen LogP contribution in [0, 0.1) is 5.92 Å². The van der Waals surface area contributed by atoms with Crippen molar-refractivity contribution in [2.45, 2.75) is 38.3 Å². The fourth-order valence-electron chi connectivity index (χ4n) is 3.11. The number of likely N-dealkylation sites (tertiary alicyclic amines) is 1. The van der Waals surface area contributed by atoms with Gasteiger partial charge in [0.25, 0.3) is 0 Å². The van der Waals surface area contributed by atoms with Crippen LogP contribution < -0.4 is 5.32 Å². The predicted molar refractivity (Wildman–Crippen MR) is 62.0 cm³/mol. The van der Waals surface area contributed by atoms with E-state index >= 15 is 0 Å². The van der Waals surface area contributed by atoms with Crippen molar-refractivity contribution in [1.82, 2.24) is 10.2 Å². The molecule has 1 saturated heterocycles. The molecule has 0 spiro atoms. The van der Waals surface area contributed by atoms with Gasteiger partial charge < -0.3 is 10.1 Å². The molecular weight excluding hydrogens is 188 g/mol. The van der Waals surface area contributed by atoms with Crippen molar-refractivity contribution in [1.29, 1.82) is 0 Å². The van der Waals surface area contributed by atoms with Crippen LogP contribution in [0.2, 0.25) is 0 Å². The molecular formula is C12H24N2O. The molecule has 1 aliphatic carbocycles. The molecule has 3 atom stereocenters. The average molecular weight is 212 g/mol. The largest absolute Gasteiger partial charge is 0.383 e. The molecule has 15 heavy (non-hydrogen) atoms. The van der Waals surface area contributed by atoms with E-state index in [2.05, 4.69) is 17.1 Å². The minimum atomic E-state index is 0.692. The summed E-state index contributed by atoms with van der Waals surface area (Å²) in [6.07, 6.45) is 4.38. The van der Waals surface area contributed by atoms with Crippen LogP contribution in [0.5, 0.6) is 0 Å². The molecule has 3 heteroatoms. The minimum Gasteiger partial charge on any atom is -0.383 e. The summed E-state index contributed by atoms with van der Waals surface area (Å²) >= 11 is 0. The molecule has 3 unspecified atom stereocenters. The Labute approximate surface area is 93.2 Å². The van der Waals surface area contributed by atoms with Gasteiger partial charge in [-0.05, 0) is 32.1 Å². The fourth-order valence-corrected chi connectivity index (χ4v) is 3.11. The Morgan fingerprint density at radius 1 is 1.47 bits per heavy atom. The topological polar surface area (TPSA) is 24.5 Å². The van der Waals surface area contributed by atoms with E-state index in [-0.39, 0.29) is 0 Å². The zero-order valence-corrected chi connectivity index (χ0v) is 10.0. The number of rotatable bonds is 6. The highest BCUT2D eigenvalue weighted by atomic mass is 16.5. The van der Waals surface area contributed by atoms with Crippen molar-refractivity contribution in [3.63, 3.8) is 0 Å². The minimum absolute atomic E-state index is 0.692. The van der Waals surface area contributed by atoms with Gasteiger partial charge in [0.1, 0.15) is 0 Å². The van der Waals surface area contributed by atoms with Gasteiger partial charge in [0.2, 0.25) is 0 Å². The maximum absolute atomic E-state index is 5.02. The van der Waals surface area contributed by atoms with E-state index in [9.17, 15) is 0 Å². The lowest BCUT2D eigenvalue weighted by atomic mass is 10.1. The number of nitrogens with zero attached hydrogens (tertiary/aromatic N) is 1. The summed E-state index contributed by atoms with van der Waals surface area (Å²) in [6.45, 7) is 6.59. The Hall–Kier alpha value is -0.120. The van der Waals surface area contributed by atoms with E-state index in [4.69, 9.17) is 4.74 Å². The highest BCUT2D eigenvalue weighted by Crippen LogP contribution is 2.38. The first-order chi connectivity index (χ1) is 7.31. The maximum atomic E-state index is 5.02. The Morgan fingerprint density at radius 3 is 2.93 bits per heavy atom. The van der Waals surface area contributed by atoms with Crippen molar-refractivity contribution < 1.29 is 4.74 Å². The second-order valence-corrected chi connectivity index (χ2v) is 5.08. The van der Waals surface area contributed by atoms with Gasteiger partial charge in [-0.1, -0.05) is 0 Å². The van der Waals surface area contributed by atoms with Crippen LogP contribution in [-0.2, 0) is 4.74 Å². The second-order valence-electron chi connectivity index (χ2n) is 5.08. The molecule has 1 aliphatic heterocycles. The van der Waals surface area contributed by atoms with Crippen LogP contribution >= 0.6 is 0 Å². The third-order valence-electron chi connectivity index (χ3n) is 3.94. The molecule has 1 heterocycles. The summed E-state index contributed by atoms with van der Waals surface area (Å²) in [4.78, 5) is 2.70. The highest BCUT2D eigenvalue weighted by Gasteiger charge is 2.39. The van der Waals surface area contributed by atoms with Crippen molar-refractivity contribution in [2.24, 2.45) is 5.92 Å². The van der Waals surface area contributed by atoms with Gasteiger partial charge in [-0.2, -0.15) is 0 Å². The van der Waals surface area contributed by atoms with Gasteiger partial charge in [0, 0.05) is 38.8 Å². The molecule has 0 aromatic carbocycles. The van der Waals surface area contributed by atoms with Crippen LogP contribution in [-0.4, -0.2) is 50.3 Å². The summed E-state index contributed by atoms with van der Waals surface area (Å²) in [5.41, 5.74) is 0. The third kappa shape index (κ3) is 2.71. The van der Waals surface area contributed by atoms with Gasteiger partial charge in [-0.3, -0.25) is 4.90 Å². The van der Waals surface area contributed by atoms with Crippen LogP contribution in [0.15, 0.2) is 0 Å². The molecule has 1 N–H and O–H groups in total. The summed E-state index contributed by atoms with van der Waals surface area (Å²) in [6, 6.07) is 1.59. The maximum Gasteiger partial charge on any atom is 0.0587 e. The molecule has 0 amide bonds. The van der Waals surface area contributed by atoms with E-state index in [1.54, 1.807) is 7.11 Å². The van der Waals surface area contributed by atoms with Crippen LogP contribution in [0.3, 0.4) is 0 Å². The quantitative estimate of drug-likeness (QED) is 0.667. The molecule has 3 nitrogen and oxygen atoms in total. The summed E-state index contributed by atoms with van der Waals surface area (Å²) in [5, 5.41) is 3.46. The van der Waals surface area contributed by atoms with Gasteiger partial charge in [0.15, 0.2) is 0 Å². The predicted octanol–water partition coefficient (Wildman–Crippen LogP) is 1.10. The standard InChI is InChI=1S/C12H24N2O/c1-10(8-13-5-6-15-2)14-9-11-3-4-12(14)7-11/h10-13H,3-9H2,1-2H3. The number of hydrogen-bond donors (Lipinski definition) is 1. The zero-order chi connectivity index (χ0) is 10.7. The smallest absolute Gasteiger partial charge is 0.0587 e. The number of hydrogen-bond acceptors (Lipinski definition) is 3. The van der Waals surface area contributed by atoms with E-state index < -0.39 is 0 Å². The van der Waals surface area contributed by atoms with E-state index in [1.165, 1.54) is 25.8 Å². The first kappa shape index (κ1) is 11.4. The Kier molecular flexibility index (Phi) is 4.00. The lowest BCUT2D eigenvalue weighted by Crippen LogP contribution is -2.45. The lowest BCUT2D eigenvalue weighted by molar-refractivity contribution is 0.151. The molecule has 2 bridgehead atoms. The van der Waals surface area contributed by atoms with Crippen molar-refractivity contribution in [2.75, 3.05) is 33.4 Å². The second kappa shape index (κ2) is 5.28. The molecule has 1 saturated carbocycles. The van der Waals surface area contributed by atoms with Gasteiger partial charge in [-0.25, -0.2) is 0 Å². The number of piperidine rings is 1. The van der Waals surface area contributed by atoms with E-state index in [1.807, 2.05) is 0 Å². The van der Waals surface area contributed by atoms with Gasteiger partial charge in [-0.15, -0.1) is 0 Å². The summed E-state index contributed by atoms with van der Waals surface area (Å²) in [5.74, 6) is 1.01. The fraction of sp³-hybridized carbons (Fsp3) is 1.00. The average Bonchev–Trinajstić information content (AvgIpc) is 2.85. The van der Waals surface area contributed by atoms with Crippen LogP contribution in [0.4, 0.5) is 0 Å². The first-order valence-electron chi connectivity index (χ1n) is 6.26. The molecule has 0 aromatic heterocycles. The van der Waals surface area contributed by atoms with Crippen molar-refractivity contribution >= 4 is 0 Å². The lowest BCUT2D eigenvalue weighted by Gasteiger charge is -2.32. The Morgan fingerprint density at radius 2 is 2.33 bits per heavy atom. The molecule has 2 aliphatic rings. The number of fused-ring (bicyclic) bond motifs is 2. The summed E-state index contributed by atoms with van der Waals surface area (Å²) < 4.78 is 5.02. The Balaban J connectivity index is 1.65. The molecule has 0 radical (unpaired) electrons. The van der Waals surface area contributed by atoms with Crippen molar-refractivity contribution in [3.8, 4) is 0 Å². The molecule has 2 fully saturated rings. The Bertz CT molecular complexity index is 198. The first-order valence-corrected chi connectivity index (χ1v) is 6.26. The SMILES string of the molecule is COCCNCC(C)N1CC2CCC1C2. The van der Waals surface area contributed by atoms with Crippen LogP contribution in [0.25, 0.3) is 0 Å². The number of nitrogens with one attached hydrogen (secondary N) is 1. The molecule has 0 aromatic rings. The molecule has 2 rings (SSSR count). The molecule has 88 valence electrons. The highest BCUT2D eigenvalue weighted by molar-refractivity contribution is 4.94.